The molecule has 2 fully saturated rings. The van der Waals surface area contributed by atoms with Gasteiger partial charge in [-0.1, -0.05) is 51.2 Å². The number of halogens is 5. The molecule has 0 N–H and O–H groups in total. The van der Waals surface area contributed by atoms with E-state index in [0.717, 1.165) is 55.6 Å². The molecule has 1 nitrogen and oxygen atoms in total. The number of hydrogen-bond acceptors (Lipinski definition) is 1. The zero-order chi connectivity index (χ0) is 24.6. The second-order valence-electron chi connectivity index (χ2n) is 10.3. The summed E-state index contributed by atoms with van der Waals surface area (Å²) >= 11 is 0. The van der Waals surface area contributed by atoms with Crippen molar-refractivity contribution in [2.75, 3.05) is 0 Å². The number of rotatable bonds is 10. The molecule has 0 amide bonds. The molecule has 2 aliphatic carbocycles. The minimum absolute atomic E-state index is 0.384. The number of hydrogen-bond donors (Lipinski definition) is 0. The van der Waals surface area contributed by atoms with E-state index < -0.39 is 23.7 Å². The minimum atomic E-state index is -5.12. The summed E-state index contributed by atoms with van der Waals surface area (Å²) in [6.07, 6.45) is 15.9. The van der Waals surface area contributed by atoms with Gasteiger partial charge in [-0.15, -0.1) is 13.2 Å². The SMILES string of the molecule is CCC=CCCCC1CCC(C2CCC(CCc3cc(F)c(OC(F)(F)F)c(F)c3)CC2)CC1. The predicted molar refractivity (Wildman–Crippen MR) is 126 cm³/mol. The highest BCUT2D eigenvalue weighted by atomic mass is 19.4. The van der Waals surface area contributed by atoms with E-state index in [1.165, 1.54) is 57.8 Å². The van der Waals surface area contributed by atoms with Gasteiger partial charge in [-0.2, -0.15) is 0 Å². The molecule has 0 aliphatic heterocycles. The van der Waals surface area contributed by atoms with Gasteiger partial charge in [-0.3, -0.25) is 0 Å². The van der Waals surface area contributed by atoms with Crippen LogP contribution < -0.4 is 4.74 Å². The second kappa shape index (κ2) is 12.9. The van der Waals surface area contributed by atoms with Crippen molar-refractivity contribution in [2.24, 2.45) is 23.7 Å². The third kappa shape index (κ3) is 8.57. The monoisotopic (exact) mass is 486 g/mol. The lowest BCUT2D eigenvalue weighted by Crippen LogP contribution is -2.26. The maximum Gasteiger partial charge on any atom is 0.573 e. The van der Waals surface area contributed by atoms with Crippen molar-refractivity contribution in [3.05, 3.63) is 41.5 Å². The van der Waals surface area contributed by atoms with Crippen LogP contribution >= 0.6 is 0 Å². The summed E-state index contributed by atoms with van der Waals surface area (Å²) in [5.74, 6) is -0.912. The van der Waals surface area contributed by atoms with Crippen LogP contribution in [-0.4, -0.2) is 6.36 Å². The highest BCUT2D eigenvalue weighted by Gasteiger charge is 2.34. The largest absolute Gasteiger partial charge is 0.573 e. The fraction of sp³-hybridized carbons (Fsp3) is 0.714. The fourth-order valence-corrected chi connectivity index (χ4v) is 6.05. The normalized spacial score (nSPS) is 26.2. The van der Waals surface area contributed by atoms with Crippen molar-refractivity contribution in [1.29, 1.82) is 0 Å². The number of ether oxygens (including phenoxy) is 1. The zero-order valence-corrected chi connectivity index (χ0v) is 20.3. The summed E-state index contributed by atoms with van der Waals surface area (Å²) in [5, 5.41) is 0. The molecule has 0 atom stereocenters. The minimum Gasteiger partial charge on any atom is -0.399 e. The average molecular weight is 487 g/mol. The van der Waals surface area contributed by atoms with Crippen molar-refractivity contribution in [1.82, 2.24) is 0 Å². The topological polar surface area (TPSA) is 9.23 Å². The maximum absolute atomic E-state index is 13.9. The number of allylic oxidation sites excluding steroid dienone is 2. The van der Waals surface area contributed by atoms with E-state index in [0.29, 0.717) is 17.9 Å². The van der Waals surface area contributed by atoms with E-state index in [4.69, 9.17) is 0 Å². The van der Waals surface area contributed by atoms with Crippen LogP contribution in [0.15, 0.2) is 24.3 Å². The van der Waals surface area contributed by atoms with Crippen LogP contribution in [0.5, 0.6) is 5.75 Å². The molecule has 0 radical (unpaired) electrons. The summed E-state index contributed by atoms with van der Waals surface area (Å²) in [6, 6.07) is 1.93. The van der Waals surface area contributed by atoms with Crippen LogP contribution in [0.4, 0.5) is 22.0 Å². The van der Waals surface area contributed by atoms with Gasteiger partial charge in [0.25, 0.3) is 0 Å². The molecule has 2 saturated carbocycles. The Labute approximate surface area is 201 Å². The first-order valence-electron chi connectivity index (χ1n) is 13.1. The number of aryl methyl sites for hydroxylation is 1. The van der Waals surface area contributed by atoms with Crippen LogP contribution in [-0.2, 0) is 6.42 Å². The standard InChI is InChI=1S/C28H39F5O/c1-2-3-4-5-6-7-20-10-14-23(15-11-20)24-16-12-21(13-17-24)8-9-22-18-25(29)27(26(30)19-22)34-28(31,32)33/h3-4,18-21,23-24H,2,5-17H2,1H3. The number of alkyl halides is 3. The first-order chi connectivity index (χ1) is 16.2. The first-order valence-corrected chi connectivity index (χ1v) is 13.1. The van der Waals surface area contributed by atoms with E-state index in [-0.39, 0.29) is 0 Å². The fourth-order valence-electron chi connectivity index (χ4n) is 6.05. The number of benzene rings is 1. The molecule has 6 heteroatoms. The number of unbranched alkanes of at least 4 members (excludes halogenated alkanes) is 1. The van der Waals surface area contributed by atoms with Crippen LogP contribution in [0.25, 0.3) is 0 Å². The summed E-state index contributed by atoms with van der Waals surface area (Å²) < 4.78 is 68.3. The Kier molecular flexibility index (Phi) is 10.3. The van der Waals surface area contributed by atoms with Crippen LogP contribution in [0, 0.1) is 35.3 Å². The van der Waals surface area contributed by atoms with E-state index in [9.17, 15) is 22.0 Å². The predicted octanol–water partition coefficient (Wildman–Crippen LogP) is 9.55. The molecular formula is C28H39F5O. The van der Waals surface area contributed by atoms with Crippen molar-refractivity contribution in [3.8, 4) is 5.75 Å². The quantitative estimate of drug-likeness (QED) is 0.182. The zero-order valence-electron chi connectivity index (χ0n) is 20.3. The van der Waals surface area contributed by atoms with Gasteiger partial charge < -0.3 is 4.74 Å². The highest BCUT2D eigenvalue weighted by molar-refractivity contribution is 5.31. The lowest BCUT2D eigenvalue weighted by Gasteiger charge is -2.38. The Hall–Kier alpha value is -1.59. The molecule has 0 unspecified atom stereocenters. The molecule has 1 aromatic rings. The Morgan fingerprint density at radius 3 is 1.85 bits per heavy atom. The van der Waals surface area contributed by atoms with Gasteiger partial charge in [0.2, 0.25) is 5.75 Å². The molecule has 34 heavy (non-hydrogen) atoms. The van der Waals surface area contributed by atoms with E-state index in [2.05, 4.69) is 23.8 Å². The van der Waals surface area contributed by atoms with Gasteiger partial charge in [-0.05, 0) is 99.2 Å². The van der Waals surface area contributed by atoms with Gasteiger partial charge in [0.1, 0.15) is 0 Å². The second-order valence-corrected chi connectivity index (χ2v) is 10.3. The van der Waals surface area contributed by atoms with Crippen molar-refractivity contribution >= 4 is 0 Å². The Morgan fingerprint density at radius 2 is 1.35 bits per heavy atom. The third-order valence-electron chi connectivity index (χ3n) is 7.95. The molecule has 0 heterocycles. The van der Waals surface area contributed by atoms with Crippen molar-refractivity contribution < 1.29 is 26.7 Å². The van der Waals surface area contributed by atoms with Gasteiger partial charge >= 0.3 is 6.36 Å². The van der Waals surface area contributed by atoms with Gasteiger partial charge in [0.15, 0.2) is 11.6 Å². The van der Waals surface area contributed by atoms with E-state index in [1.54, 1.807) is 0 Å². The summed E-state index contributed by atoms with van der Waals surface area (Å²) in [6.45, 7) is 2.17. The smallest absolute Gasteiger partial charge is 0.399 e. The molecule has 1 aromatic carbocycles. The van der Waals surface area contributed by atoms with Crippen molar-refractivity contribution in [2.45, 2.75) is 103 Å². The molecule has 0 aromatic heterocycles. The Balaban J connectivity index is 1.36. The average Bonchev–Trinajstić information content (AvgIpc) is 2.80. The third-order valence-corrected chi connectivity index (χ3v) is 7.95. The first kappa shape index (κ1) is 27.0. The molecule has 2 aliphatic rings. The Morgan fingerprint density at radius 1 is 0.824 bits per heavy atom. The summed E-state index contributed by atoms with van der Waals surface area (Å²) in [5.41, 5.74) is 0.384. The molecule has 0 saturated heterocycles. The van der Waals surface area contributed by atoms with E-state index >= 15 is 0 Å². The van der Waals surface area contributed by atoms with Crippen molar-refractivity contribution in [3.63, 3.8) is 0 Å². The summed E-state index contributed by atoms with van der Waals surface area (Å²) in [7, 11) is 0. The maximum atomic E-state index is 13.9. The van der Waals surface area contributed by atoms with Gasteiger partial charge in [0, 0.05) is 0 Å². The highest BCUT2D eigenvalue weighted by Crippen LogP contribution is 2.43. The van der Waals surface area contributed by atoms with Crippen LogP contribution in [0.1, 0.15) is 96.0 Å². The lowest BCUT2D eigenvalue weighted by atomic mass is 9.68. The Bertz CT molecular complexity index is 748. The molecular weight excluding hydrogens is 447 g/mol. The van der Waals surface area contributed by atoms with Crippen LogP contribution in [0.2, 0.25) is 0 Å². The molecule has 3 rings (SSSR count). The van der Waals surface area contributed by atoms with E-state index in [1.807, 2.05) is 0 Å². The van der Waals surface area contributed by atoms with Crippen LogP contribution in [0.3, 0.4) is 0 Å². The van der Waals surface area contributed by atoms with Gasteiger partial charge in [-0.25, -0.2) is 8.78 Å². The lowest BCUT2D eigenvalue weighted by molar-refractivity contribution is -0.276. The van der Waals surface area contributed by atoms with Gasteiger partial charge in [0.05, 0.1) is 0 Å². The summed E-state index contributed by atoms with van der Waals surface area (Å²) in [4.78, 5) is 0. The molecule has 192 valence electrons. The molecule has 0 bridgehead atoms. The molecule has 0 spiro atoms.